The summed E-state index contributed by atoms with van der Waals surface area (Å²) in [6.07, 6.45) is 2.11. The minimum Gasteiger partial charge on any atom is -0.389 e. The number of thioether (sulfide) groups is 1. The van der Waals surface area contributed by atoms with Crippen molar-refractivity contribution in [2.45, 2.75) is 19.4 Å². The Kier molecular flexibility index (Phi) is 6.21. The molecule has 0 aromatic heterocycles. The van der Waals surface area contributed by atoms with Crippen LogP contribution in [0.1, 0.15) is 13.3 Å². The highest BCUT2D eigenvalue weighted by molar-refractivity contribution is 7.99. The van der Waals surface area contributed by atoms with Crippen LogP contribution in [0.4, 0.5) is 0 Å². The molecule has 0 saturated heterocycles. The quantitative estimate of drug-likeness (QED) is 0.470. The van der Waals surface area contributed by atoms with E-state index < -0.39 is 0 Å². The lowest BCUT2D eigenvalue weighted by Crippen LogP contribution is -2.02. The summed E-state index contributed by atoms with van der Waals surface area (Å²) in [7, 11) is 0. The zero-order valence-electron chi connectivity index (χ0n) is 5.84. The average Bonchev–Trinajstić information content (AvgIpc) is 1.89. The molecule has 2 heteroatoms. The number of hydrogen-bond acceptors (Lipinski definition) is 2. The molecular weight excluding hydrogens is 132 g/mol. The van der Waals surface area contributed by atoms with Gasteiger partial charge in [0.2, 0.25) is 0 Å². The summed E-state index contributed by atoms with van der Waals surface area (Å²) in [6.45, 7) is 5.60. The van der Waals surface area contributed by atoms with Crippen molar-refractivity contribution < 1.29 is 5.11 Å². The fraction of sp³-hybridized carbons (Fsp3) is 0.714. The molecule has 0 spiro atoms. The number of hydrogen-bond donors (Lipinski definition) is 1. The first-order chi connectivity index (χ1) is 4.31. The van der Waals surface area contributed by atoms with E-state index in [1.165, 1.54) is 0 Å². The Morgan fingerprint density at radius 1 is 1.78 bits per heavy atom. The Hall–Kier alpha value is 0.0500. The summed E-state index contributed by atoms with van der Waals surface area (Å²) in [6, 6.07) is 0. The molecule has 0 aliphatic heterocycles. The molecule has 1 unspecified atom stereocenters. The van der Waals surface area contributed by atoms with Crippen LogP contribution in [0.3, 0.4) is 0 Å². The molecule has 0 bridgehead atoms. The highest BCUT2D eigenvalue weighted by atomic mass is 32.2. The molecular formula is C7H14OS. The predicted octanol–water partition coefficient (Wildman–Crippen LogP) is 1.68. The molecule has 0 amide bonds. The van der Waals surface area contributed by atoms with Gasteiger partial charge in [-0.2, -0.15) is 11.8 Å². The third-order valence-electron chi connectivity index (χ3n) is 1.03. The van der Waals surface area contributed by atoms with E-state index in [-0.39, 0.29) is 6.10 Å². The van der Waals surface area contributed by atoms with Gasteiger partial charge >= 0.3 is 0 Å². The van der Waals surface area contributed by atoms with Crippen LogP contribution in [0.2, 0.25) is 0 Å². The maximum atomic E-state index is 8.95. The summed E-state index contributed by atoms with van der Waals surface area (Å²) in [5, 5.41) is 8.95. The van der Waals surface area contributed by atoms with Crippen LogP contribution < -0.4 is 0 Å². The highest BCUT2D eigenvalue weighted by Gasteiger charge is 1.95. The third-order valence-corrected chi connectivity index (χ3v) is 1.97. The predicted molar refractivity (Wildman–Crippen MR) is 43.8 cm³/mol. The molecule has 0 fully saturated rings. The van der Waals surface area contributed by atoms with Crippen LogP contribution in [0.25, 0.3) is 0 Å². The molecule has 54 valence electrons. The molecule has 0 radical (unpaired) electrons. The van der Waals surface area contributed by atoms with Gasteiger partial charge in [0.1, 0.15) is 0 Å². The third kappa shape index (κ3) is 5.93. The van der Waals surface area contributed by atoms with Crippen molar-refractivity contribution in [1.29, 1.82) is 0 Å². The molecule has 0 aliphatic carbocycles. The Morgan fingerprint density at radius 2 is 2.44 bits per heavy atom. The van der Waals surface area contributed by atoms with Gasteiger partial charge in [0.05, 0.1) is 6.10 Å². The lowest BCUT2D eigenvalue weighted by molar-refractivity contribution is 0.221. The molecule has 0 rings (SSSR count). The van der Waals surface area contributed by atoms with Crippen molar-refractivity contribution >= 4 is 11.8 Å². The first-order valence-corrected chi connectivity index (χ1v) is 4.35. The molecule has 1 N–H and O–H groups in total. The molecule has 1 nitrogen and oxygen atoms in total. The van der Waals surface area contributed by atoms with Crippen molar-refractivity contribution in [2.24, 2.45) is 0 Å². The van der Waals surface area contributed by atoms with Gasteiger partial charge in [-0.15, -0.1) is 6.58 Å². The molecule has 0 heterocycles. The van der Waals surface area contributed by atoms with Gasteiger partial charge < -0.3 is 5.11 Å². The lowest BCUT2D eigenvalue weighted by atomic mass is 10.3. The maximum Gasteiger partial charge on any atom is 0.0726 e. The number of aliphatic hydroxyl groups is 1. The minimum atomic E-state index is -0.302. The highest BCUT2D eigenvalue weighted by Crippen LogP contribution is 2.03. The van der Waals surface area contributed by atoms with Crippen LogP contribution >= 0.6 is 11.8 Å². The van der Waals surface area contributed by atoms with Gasteiger partial charge in [-0.05, 0) is 17.9 Å². The normalized spacial score (nSPS) is 13.1. The second-order valence-electron chi connectivity index (χ2n) is 1.79. The molecule has 1 atom stereocenters. The molecule has 0 saturated carbocycles. The Bertz CT molecular complexity index is 73.3. The van der Waals surface area contributed by atoms with Crippen molar-refractivity contribution in [2.75, 3.05) is 11.5 Å². The second-order valence-corrected chi connectivity index (χ2v) is 3.18. The van der Waals surface area contributed by atoms with Crippen LogP contribution in [-0.2, 0) is 0 Å². The van der Waals surface area contributed by atoms with E-state index in [1.54, 1.807) is 6.08 Å². The van der Waals surface area contributed by atoms with Crippen molar-refractivity contribution in [1.82, 2.24) is 0 Å². The van der Waals surface area contributed by atoms with Crippen molar-refractivity contribution in [3.63, 3.8) is 0 Å². The fourth-order valence-corrected chi connectivity index (χ4v) is 1.16. The van der Waals surface area contributed by atoms with Gasteiger partial charge in [-0.25, -0.2) is 0 Å². The van der Waals surface area contributed by atoms with Crippen LogP contribution in [0.5, 0.6) is 0 Å². The van der Waals surface area contributed by atoms with E-state index in [1.807, 2.05) is 11.8 Å². The summed E-state index contributed by atoms with van der Waals surface area (Å²) < 4.78 is 0. The van der Waals surface area contributed by atoms with E-state index in [2.05, 4.69) is 13.5 Å². The summed E-state index contributed by atoms with van der Waals surface area (Å²) in [5.74, 6) is 2.16. The van der Waals surface area contributed by atoms with E-state index in [9.17, 15) is 0 Å². The average molecular weight is 146 g/mol. The lowest BCUT2D eigenvalue weighted by Gasteiger charge is -2.01. The monoisotopic (exact) mass is 146 g/mol. The summed E-state index contributed by atoms with van der Waals surface area (Å²) in [5.41, 5.74) is 0. The molecule has 0 aromatic rings. The van der Waals surface area contributed by atoms with Crippen LogP contribution in [0, 0.1) is 0 Å². The summed E-state index contributed by atoms with van der Waals surface area (Å²) in [4.78, 5) is 0. The van der Waals surface area contributed by atoms with E-state index in [4.69, 9.17) is 5.11 Å². The number of rotatable bonds is 5. The van der Waals surface area contributed by atoms with E-state index >= 15 is 0 Å². The molecule has 9 heavy (non-hydrogen) atoms. The van der Waals surface area contributed by atoms with E-state index in [0.717, 1.165) is 17.9 Å². The molecule has 0 aromatic carbocycles. The van der Waals surface area contributed by atoms with Gasteiger partial charge in [-0.3, -0.25) is 0 Å². The topological polar surface area (TPSA) is 20.2 Å². The largest absolute Gasteiger partial charge is 0.389 e. The van der Waals surface area contributed by atoms with Gasteiger partial charge in [-0.1, -0.05) is 13.0 Å². The summed E-state index contributed by atoms with van der Waals surface area (Å²) >= 11 is 1.84. The maximum absolute atomic E-state index is 8.95. The first kappa shape index (κ1) is 9.05. The Labute approximate surface area is 61.2 Å². The van der Waals surface area contributed by atoms with Gasteiger partial charge in [0, 0.05) is 0 Å². The zero-order chi connectivity index (χ0) is 7.11. The van der Waals surface area contributed by atoms with Gasteiger partial charge in [0.25, 0.3) is 0 Å². The smallest absolute Gasteiger partial charge is 0.0726 e. The second kappa shape index (κ2) is 6.17. The fourth-order valence-electron chi connectivity index (χ4n) is 0.466. The van der Waals surface area contributed by atoms with Crippen LogP contribution in [0.15, 0.2) is 12.7 Å². The van der Waals surface area contributed by atoms with Crippen molar-refractivity contribution in [3.8, 4) is 0 Å². The van der Waals surface area contributed by atoms with Gasteiger partial charge in [0.15, 0.2) is 0 Å². The first-order valence-electron chi connectivity index (χ1n) is 3.19. The number of aliphatic hydroxyl groups excluding tert-OH is 1. The Morgan fingerprint density at radius 3 is 2.89 bits per heavy atom. The molecule has 0 aliphatic rings. The zero-order valence-corrected chi connectivity index (χ0v) is 6.66. The van der Waals surface area contributed by atoms with E-state index in [0.29, 0.717) is 0 Å². The SMILES string of the molecule is C=CC(O)CCSCC. The minimum absolute atomic E-state index is 0.302. The van der Waals surface area contributed by atoms with Crippen molar-refractivity contribution in [3.05, 3.63) is 12.7 Å². The van der Waals surface area contributed by atoms with Crippen LogP contribution in [-0.4, -0.2) is 22.7 Å². The Balaban J connectivity index is 2.96. The standard InChI is InChI=1S/C7H14OS/c1-3-7(8)5-6-9-4-2/h3,7-8H,1,4-6H2,2H3.